The standard InChI is InChI=1S/C10H15N5O5/c1-6-14-8(20-15-6)2-3-11-10(19)13-4-7(16)12-5-9(17)18/h2-5H2,1H3,(H,12,16)(H,17,18)(H2,11,13,19). The molecule has 0 saturated carbocycles. The molecule has 110 valence electrons. The van der Waals surface area contributed by atoms with Crippen molar-refractivity contribution in [2.75, 3.05) is 19.6 Å². The molecule has 1 aromatic heterocycles. The maximum absolute atomic E-state index is 11.3. The molecule has 0 fully saturated rings. The maximum atomic E-state index is 11.3. The van der Waals surface area contributed by atoms with Gasteiger partial charge in [0.15, 0.2) is 5.82 Å². The first-order valence-electron chi connectivity index (χ1n) is 5.76. The summed E-state index contributed by atoms with van der Waals surface area (Å²) in [5.74, 6) is -0.825. The summed E-state index contributed by atoms with van der Waals surface area (Å²) in [6.07, 6.45) is 0.374. The van der Waals surface area contributed by atoms with Crippen LogP contribution in [0.1, 0.15) is 11.7 Å². The van der Waals surface area contributed by atoms with Gasteiger partial charge < -0.3 is 25.6 Å². The largest absolute Gasteiger partial charge is 0.480 e. The topological polar surface area (TPSA) is 146 Å². The number of aryl methyl sites for hydroxylation is 1. The molecule has 0 saturated heterocycles. The van der Waals surface area contributed by atoms with Crippen LogP contribution in [0.25, 0.3) is 0 Å². The average molecular weight is 285 g/mol. The molecule has 0 aliphatic heterocycles. The number of nitrogens with one attached hydrogen (secondary N) is 3. The highest BCUT2D eigenvalue weighted by atomic mass is 16.5. The van der Waals surface area contributed by atoms with E-state index in [1.807, 2.05) is 0 Å². The number of carbonyl (C=O) groups excluding carboxylic acids is 2. The lowest BCUT2D eigenvalue weighted by molar-refractivity contribution is -0.137. The minimum atomic E-state index is -1.15. The Kier molecular flexibility index (Phi) is 5.94. The summed E-state index contributed by atoms with van der Waals surface area (Å²) < 4.78 is 4.85. The zero-order valence-electron chi connectivity index (χ0n) is 10.8. The van der Waals surface area contributed by atoms with Crippen molar-refractivity contribution in [3.05, 3.63) is 11.7 Å². The first-order chi connectivity index (χ1) is 9.47. The van der Waals surface area contributed by atoms with E-state index in [-0.39, 0.29) is 13.1 Å². The Morgan fingerprint density at radius 3 is 2.55 bits per heavy atom. The molecule has 1 heterocycles. The van der Waals surface area contributed by atoms with Gasteiger partial charge in [-0.1, -0.05) is 5.16 Å². The normalized spacial score (nSPS) is 9.85. The van der Waals surface area contributed by atoms with E-state index >= 15 is 0 Å². The first kappa shape index (κ1) is 15.4. The molecule has 0 bridgehead atoms. The van der Waals surface area contributed by atoms with E-state index in [9.17, 15) is 14.4 Å². The Hall–Kier alpha value is -2.65. The highest BCUT2D eigenvalue weighted by molar-refractivity contribution is 5.86. The summed E-state index contributed by atoms with van der Waals surface area (Å²) in [4.78, 5) is 36.5. The molecular formula is C10H15N5O5. The highest BCUT2D eigenvalue weighted by Crippen LogP contribution is 1.95. The van der Waals surface area contributed by atoms with Crippen molar-refractivity contribution in [2.24, 2.45) is 0 Å². The summed E-state index contributed by atoms with van der Waals surface area (Å²) in [6, 6.07) is -0.549. The van der Waals surface area contributed by atoms with Gasteiger partial charge in [-0.25, -0.2) is 4.79 Å². The number of rotatable bonds is 7. The molecule has 0 unspecified atom stereocenters. The van der Waals surface area contributed by atoms with E-state index in [1.54, 1.807) is 6.92 Å². The molecule has 10 nitrogen and oxygen atoms in total. The van der Waals surface area contributed by atoms with Crippen LogP contribution in [0.2, 0.25) is 0 Å². The fourth-order valence-corrected chi connectivity index (χ4v) is 1.18. The van der Waals surface area contributed by atoms with Crippen LogP contribution in [0.3, 0.4) is 0 Å². The first-order valence-corrected chi connectivity index (χ1v) is 5.76. The van der Waals surface area contributed by atoms with Gasteiger partial charge in [0.25, 0.3) is 0 Å². The lowest BCUT2D eigenvalue weighted by Crippen LogP contribution is -2.43. The lowest BCUT2D eigenvalue weighted by Gasteiger charge is -2.06. The fraction of sp³-hybridized carbons (Fsp3) is 0.500. The van der Waals surface area contributed by atoms with Crippen LogP contribution in [0, 0.1) is 6.92 Å². The van der Waals surface area contributed by atoms with Gasteiger partial charge >= 0.3 is 12.0 Å². The molecule has 0 aromatic carbocycles. The number of carboxylic acid groups (broad SMARTS) is 1. The van der Waals surface area contributed by atoms with Gasteiger partial charge in [-0.3, -0.25) is 9.59 Å². The predicted octanol–water partition coefficient (Wildman–Crippen LogP) is -1.58. The van der Waals surface area contributed by atoms with Crippen LogP contribution in [0.15, 0.2) is 4.52 Å². The van der Waals surface area contributed by atoms with Crippen molar-refractivity contribution >= 4 is 17.9 Å². The van der Waals surface area contributed by atoms with E-state index in [1.165, 1.54) is 0 Å². The number of hydrogen-bond acceptors (Lipinski definition) is 6. The molecular weight excluding hydrogens is 270 g/mol. The number of carbonyl (C=O) groups is 3. The Balaban J connectivity index is 2.11. The number of nitrogens with zero attached hydrogens (tertiary/aromatic N) is 2. The van der Waals surface area contributed by atoms with Crippen LogP contribution in [0.5, 0.6) is 0 Å². The lowest BCUT2D eigenvalue weighted by atomic mass is 10.4. The van der Waals surface area contributed by atoms with Crippen molar-refractivity contribution in [3.8, 4) is 0 Å². The van der Waals surface area contributed by atoms with Crippen LogP contribution >= 0.6 is 0 Å². The Morgan fingerprint density at radius 1 is 1.20 bits per heavy atom. The molecule has 0 spiro atoms. The van der Waals surface area contributed by atoms with Gasteiger partial charge in [0.05, 0.1) is 6.54 Å². The van der Waals surface area contributed by atoms with Crippen LogP contribution in [-0.4, -0.2) is 52.8 Å². The Labute approximate surface area is 113 Å². The second kappa shape index (κ2) is 7.71. The quantitative estimate of drug-likeness (QED) is 0.472. The minimum absolute atomic E-state index is 0.268. The van der Waals surface area contributed by atoms with Crippen molar-refractivity contribution in [2.45, 2.75) is 13.3 Å². The van der Waals surface area contributed by atoms with Crippen molar-refractivity contribution in [1.29, 1.82) is 0 Å². The second-order valence-corrected chi connectivity index (χ2v) is 3.77. The summed E-state index contributed by atoms with van der Waals surface area (Å²) in [7, 11) is 0. The smallest absolute Gasteiger partial charge is 0.322 e. The average Bonchev–Trinajstić information content (AvgIpc) is 2.79. The number of aromatic nitrogens is 2. The molecule has 0 aliphatic carbocycles. The van der Waals surface area contributed by atoms with Gasteiger partial charge in [0.1, 0.15) is 6.54 Å². The van der Waals surface area contributed by atoms with Crippen molar-refractivity contribution in [3.63, 3.8) is 0 Å². The summed E-state index contributed by atoms with van der Waals surface area (Å²) >= 11 is 0. The molecule has 4 N–H and O–H groups in total. The molecule has 0 radical (unpaired) electrons. The molecule has 1 rings (SSSR count). The molecule has 0 aliphatic rings. The second-order valence-electron chi connectivity index (χ2n) is 3.77. The summed E-state index contributed by atoms with van der Waals surface area (Å²) in [6.45, 7) is 1.16. The van der Waals surface area contributed by atoms with E-state index in [0.29, 0.717) is 18.1 Å². The SMILES string of the molecule is Cc1noc(CCNC(=O)NCC(=O)NCC(=O)O)n1. The number of amides is 3. The zero-order chi connectivity index (χ0) is 15.0. The van der Waals surface area contributed by atoms with E-state index in [0.717, 1.165) is 0 Å². The zero-order valence-corrected chi connectivity index (χ0v) is 10.8. The highest BCUT2D eigenvalue weighted by Gasteiger charge is 2.07. The number of aliphatic carboxylic acids is 1. The van der Waals surface area contributed by atoms with Gasteiger partial charge in [-0.15, -0.1) is 0 Å². The maximum Gasteiger partial charge on any atom is 0.322 e. The minimum Gasteiger partial charge on any atom is -0.480 e. The van der Waals surface area contributed by atoms with Crippen molar-refractivity contribution in [1.82, 2.24) is 26.1 Å². The molecule has 10 heteroatoms. The Bertz CT molecular complexity index is 486. The molecule has 0 atom stereocenters. The van der Waals surface area contributed by atoms with Crippen LogP contribution in [-0.2, 0) is 16.0 Å². The summed E-state index contributed by atoms with van der Waals surface area (Å²) in [5.41, 5.74) is 0. The van der Waals surface area contributed by atoms with Gasteiger partial charge in [0.2, 0.25) is 11.8 Å². The third-order valence-corrected chi connectivity index (χ3v) is 2.04. The monoisotopic (exact) mass is 285 g/mol. The summed E-state index contributed by atoms with van der Waals surface area (Å²) in [5, 5.41) is 18.8. The predicted molar refractivity (Wildman–Crippen MR) is 64.8 cm³/mol. The van der Waals surface area contributed by atoms with Gasteiger partial charge in [-0.2, -0.15) is 4.98 Å². The molecule has 20 heavy (non-hydrogen) atoms. The van der Waals surface area contributed by atoms with Crippen LogP contribution < -0.4 is 16.0 Å². The molecule has 1 aromatic rings. The number of urea groups is 1. The third kappa shape index (κ3) is 6.33. The van der Waals surface area contributed by atoms with Gasteiger partial charge in [0, 0.05) is 13.0 Å². The number of carboxylic acids is 1. The van der Waals surface area contributed by atoms with Crippen LogP contribution in [0.4, 0.5) is 4.79 Å². The van der Waals surface area contributed by atoms with E-state index < -0.39 is 24.5 Å². The van der Waals surface area contributed by atoms with Crippen molar-refractivity contribution < 1.29 is 24.0 Å². The van der Waals surface area contributed by atoms with E-state index in [4.69, 9.17) is 9.63 Å². The number of hydrogen-bond donors (Lipinski definition) is 4. The fourth-order valence-electron chi connectivity index (χ4n) is 1.18. The Morgan fingerprint density at radius 2 is 1.95 bits per heavy atom. The third-order valence-electron chi connectivity index (χ3n) is 2.04. The van der Waals surface area contributed by atoms with Gasteiger partial charge in [-0.05, 0) is 6.92 Å². The molecule has 3 amide bonds. The van der Waals surface area contributed by atoms with E-state index in [2.05, 4.69) is 26.1 Å².